The maximum absolute atomic E-state index is 12.3. The number of hydrogen-bond acceptors (Lipinski definition) is 4. The Bertz CT molecular complexity index is 1130. The third kappa shape index (κ3) is 4.29. The van der Waals surface area contributed by atoms with Gasteiger partial charge in [-0.15, -0.1) is 0 Å². The zero-order valence-electron chi connectivity index (χ0n) is 18.8. The molecule has 0 bridgehead atoms. The molecule has 0 unspecified atom stereocenters. The van der Waals surface area contributed by atoms with E-state index in [0.29, 0.717) is 5.56 Å². The first-order valence-corrected chi connectivity index (χ1v) is 10.6. The Morgan fingerprint density at radius 2 is 1.61 bits per heavy atom. The second-order valence-corrected chi connectivity index (χ2v) is 9.68. The molecule has 6 nitrogen and oxygen atoms in total. The number of aromatic amines is 1. The van der Waals surface area contributed by atoms with Crippen LogP contribution in [0, 0.1) is 0 Å². The number of aromatic nitrogens is 4. The van der Waals surface area contributed by atoms with E-state index >= 15 is 0 Å². The molecule has 0 aliphatic heterocycles. The molecule has 1 aliphatic rings. The van der Waals surface area contributed by atoms with E-state index in [2.05, 4.69) is 84.8 Å². The van der Waals surface area contributed by atoms with E-state index in [1.54, 1.807) is 12.1 Å². The largest absolute Gasteiger partial charge is 0.289 e. The molecule has 4 rings (SSSR count). The fraction of sp³-hybridized carbons (Fsp3) is 0.360. The van der Waals surface area contributed by atoms with Gasteiger partial charge in [-0.05, 0) is 81.0 Å². The van der Waals surface area contributed by atoms with E-state index in [1.165, 1.54) is 35.1 Å². The lowest BCUT2D eigenvalue weighted by atomic mass is 9.63. The van der Waals surface area contributed by atoms with E-state index in [9.17, 15) is 4.79 Å². The average molecular weight is 416 g/mol. The first kappa shape index (κ1) is 21.0. The Morgan fingerprint density at radius 3 is 2.26 bits per heavy atom. The molecule has 160 valence electrons. The molecule has 1 amide bonds. The average Bonchev–Trinajstić information content (AvgIpc) is 3.25. The number of allylic oxidation sites excluding steroid dienone is 1. The minimum absolute atomic E-state index is 0.190. The molecule has 0 saturated carbocycles. The van der Waals surface area contributed by atoms with Crippen LogP contribution in [0.25, 0.3) is 11.6 Å². The summed E-state index contributed by atoms with van der Waals surface area (Å²) in [5.74, 6) is -0.0336. The van der Waals surface area contributed by atoms with Gasteiger partial charge in [0, 0.05) is 5.56 Å². The SMILES string of the molecule is C/C(=C\c1ccc(C(=O)Nc2nnn[nH]2)cc1)c1ccc2c(c1)C(C)(C)CCC2(C)C. The fourth-order valence-corrected chi connectivity index (χ4v) is 4.29. The van der Waals surface area contributed by atoms with Crippen molar-refractivity contribution in [3.05, 3.63) is 70.3 Å². The number of rotatable bonds is 4. The third-order valence-electron chi connectivity index (χ3n) is 6.44. The molecule has 1 heterocycles. The van der Waals surface area contributed by atoms with Crippen molar-refractivity contribution in [2.75, 3.05) is 5.32 Å². The number of nitrogens with zero attached hydrogens (tertiary/aromatic N) is 3. The number of tetrazole rings is 1. The number of carbonyl (C=O) groups excluding carboxylic acids is 1. The van der Waals surface area contributed by atoms with Crippen molar-refractivity contribution in [1.29, 1.82) is 0 Å². The lowest BCUT2D eigenvalue weighted by molar-refractivity contribution is 0.102. The Morgan fingerprint density at radius 1 is 0.968 bits per heavy atom. The molecule has 31 heavy (non-hydrogen) atoms. The van der Waals surface area contributed by atoms with Gasteiger partial charge in [0.15, 0.2) is 0 Å². The smallest absolute Gasteiger partial charge is 0.258 e. The van der Waals surface area contributed by atoms with Crippen LogP contribution < -0.4 is 5.32 Å². The molecule has 0 radical (unpaired) electrons. The minimum Gasteiger partial charge on any atom is -0.289 e. The highest BCUT2D eigenvalue weighted by Crippen LogP contribution is 2.46. The highest BCUT2D eigenvalue weighted by Gasteiger charge is 2.36. The van der Waals surface area contributed by atoms with Gasteiger partial charge in [0.1, 0.15) is 0 Å². The van der Waals surface area contributed by atoms with Crippen LogP contribution in [0.5, 0.6) is 0 Å². The topological polar surface area (TPSA) is 83.6 Å². The zero-order chi connectivity index (χ0) is 22.2. The summed E-state index contributed by atoms with van der Waals surface area (Å²) in [6, 6.07) is 14.4. The maximum Gasteiger partial charge on any atom is 0.258 e. The minimum atomic E-state index is -0.259. The Balaban J connectivity index is 1.56. The molecule has 2 aromatic carbocycles. The van der Waals surface area contributed by atoms with E-state index in [0.717, 1.165) is 5.56 Å². The van der Waals surface area contributed by atoms with Crippen molar-refractivity contribution < 1.29 is 4.79 Å². The van der Waals surface area contributed by atoms with Crippen LogP contribution in [0.15, 0.2) is 42.5 Å². The number of benzene rings is 2. The number of amides is 1. The molecule has 0 spiro atoms. The predicted molar refractivity (Wildman–Crippen MR) is 124 cm³/mol. The highest BCUT2D eigenvalue weighted by atomic mass is 16.1. The first-order chi connectivity index (χ1) is 14.7. The van der Waals surface area contributed by atoms with Crippen molar-refractivity contribution >= 4 is 23.5 Å². The van der Waals surface area contributed by atoms with Crippen LogP contribution in [0.1, 0.15) is 80.1 Å². The number of fused-ring (bicyclic) bond motifs is 1. The van der Waals surface area contributed by atoms with Gasteiger partial charge < -0.3 is 0 Å². The van der Waals surface area contributed by atoms with E-state index < -0.39 is 0 Å². The van der Waals surface area contributed by atoms with Gasteiger partial charge in [0.05, 0.1) is 0 Å². The molecule has 3 aromatic rings. The summed E-state index contributed by atoms with van der Waals surface area (Å²) in [5.41, 5.74) is 7.38. The van der Waals surface area contributed by atoms with E-state index in [-0.39, 0.29) is 22.7 Å². The van der Waals surface area contributed by atoms with Crippen molar-refractivity contribution in [1.82, 2.24) is 20.6 Å². The number of H-pyrrole nitrogens is 1. The second kappa shape index (κ2) is 7.76. The molecule has 0 saturated heterocycles. The fourth-order valence-electron chi connectivity index (χ4n) is 4.29. The number of carbonyl (C=O) groups is 1. The summed E-state index contributed by atoms with van der Waals surface area (Å²) >= 11 is 0. The summed E-state index contributed by atoms with van der Waals surface area (Å²) in [4.78, 5) is 12.3. The molecule has 0 fully saturated rings. The van der Waals surface area contributed by atoms with Crippen molar-refractivity contribution in [3.63, 3.8) is 0 Å². The number of hydrogen-bond donors (Lipinski definition) is 2. The normalized spacial score (nSPS) is 17.1. The molecule has 1 aromatic heterocycles. The van der Waals surface area contributed by atoms with Gasteiger partial charge in [-0.3, -0.25) is 10.1 Å². The maximum atomic E-state index is 12.3. The molecule has 6 heteroatoms. The van der Waals surface area contributed by atoms with Gasteiger partial charge in [-0.1, -0.05) is 69.2 Å². The van der Waals surface area contributed by atoms with Crippen LogP contribution in [-0.2, 0) is 10.8 Å². The number of anilines is 1. The highest BCUT2D eigenvalue weighted by molar-refractivity contribution is 6.03. The van der Waals surface area contributed by atoms with Gasteiger partial charge in [0.2, 0.25) is 5.95 Å². The molecular formula is C25H29N5O. The quantitative estimate of drug-likeness (QED) is 0.562. The van der Waals surface area contributed by atoms with Crippen molar-refractivity contribution in [3.8, 4) is 0 Å². The second-order valence-electron chi connectivity index (χ2n) is 9.68. The zero-order valence-corrected chi connectivity index (χ0v) is 18.8. The van der Waals surface area contributed by atoms with Crippen molar-refractivity contribution in [2.45, 2.75) is 58.3 Å². The predicted octanol–water partition coefficient (Wildman–Crippen LogP) is 5.36. The van der Waals surface area contributed by atoms with E-state index in [1.807, 2.05) is 12.1 Å². The van der Waals surface area contributed by atoms with Gasteiger partial charge >= 0.3 is 0 Å². The van der Waals surface area contributed by atoms with Crippen molar-refractivity contribution in [2.24, 2.45) is 0 Å². The lowest BCUT2D eigenvalue weighted by Gasteiger charge is -2.42. The Labute approximate surface area is 183 Å². The van der Waals surface area contributed by atoms with Gasteiger partial charge in [-0.2, -0.15) is 0 Å². The lowest BCUT2D eigenvalue weighted by Crippen LogP contribution is -2.33. The molecule has 1 aliphatic carbocycles. The summed E-state index contributed by atoms with van der Waals surface area (Å²) < 4.78 is 0. The van der Waals surface area contributed by atoms with Crippen LogP contribution in [0.4, 0.5) is 5.95 Å². The summed E-state index contributed by atoms with van der Waals surface area (Å²) in [6.45, 7) is 11.5. The van der Waals surface area contributed by atoms with Crippen LogP contribution >= 0.6 is 0 Å². The molecule has 0 atom stereocenters. The van der Waals surface area contributed by atoms with Gasteiger partial charge in [0.25, 0.3) is 5.91 Å². The van der Waals surface area contributed by atoms with Crippen LogP contribution in [0.2, 0.25) is 0 Å². The number of nitrogens with one attached hydrogen (secondary N) is 2. The van der Waals surface area contributed by atoms with Crippen LogP contribution in [0.3, 0.4) is 0 Å². The third-order valence-corrected chi connectivity index (χ3v) is 6.44. The Hall–Kier alpha value is -3.28. The first-order valence-electron chi connectivity index (χ1n) is 10.6. The monoisotopic (exact) mass is 415 g/mol. The standard InChI is InChI=1S/C25H29N5O/c1-16(19-10-11-20-21(15-19)25(4,5)13-12-24(20,2)3)14-17-6-8-18(9-7-17)22(31)26-23-27-29-30-28-23/h6-11,14-15H,12-13H2,1-5H3,(H2,26,27,28,29,30,31)/b16-14+. The Kier molecular flexibility index (Phi) is 5.25. The summed E-state index contributed by atoms with van der Waals surface area (Å²) in [6.07, 6.45) is 4.58. The summed E-state index contributed by atoms with van der Waals surface area (Å²) in [7, 11) is 0. The van der Waals surface area contributed by atoms with Crippen LogP contribution in [-0.4, -0.2) is 26.5 Å². The summed E-state index contributed by atoms with van der Waals surface area (Å²) in [5, 5.41) is 15.7. The molecule has 2 N–H and O–H groups in total. The van der Waals surface area contributed by atoms with Gasteiger partial charge in [-0.25, -0.2) is 5.10 Å². The van der Waals surface area contributed by atoms with E-state index in [4.69, 9.17) is 0 Å². The molecular weight excluding hydrogens is 386 g/mol.